The number of thiophene rings is 1. The summed E-state index contributed by atoms with van der Waals surface area (Å²) in [6.45, 7) is 3.24. The van der Waals surface area contributed by atoms with Gasteiger partial charge >= 0.3 is 0 Å². The fourth-order valence-electron chi connectivity index (χ4n) is 1.74. The minimum absolute atomic E-state index is 0.0352. The van der Waals surface area contributed by atoms with Crippen molar-refractivity contribution in [2.45, 2.75) is 19.5 Å². The standard InChI is InChI=1S/C11H15BrN2O2S/c1-11(6-16-5-8(11)13)10(15)14-4-7-2-3-9(12)17-7/h2-3,8H,4-6,13H2,1H3,(H,14,15). The van der Waals surface area contributed by atoms with E-state index in [0.29, 0.717) is 19.8 Å². The molecule has 2 atom stereocenters. The quantitative estimate of drug-likeness (QED) is 0.887. The summed E-state index contributed by atoms with van der Waals surface area (Å²) in [5.74, 6) is -0.0352. The second-order valence-electron chi connectivity index (χ2n) is 4.43. The zero-order valence-corrected chi connectivity index (χ0v) is 11.9. The first-order valence-electron chi connectivity index (χ1n) is 5.38. The number of halogens is 1. The summed E-state index contributed by atoms with van der Waals surface area (Å²) in [6.07, 6.45) is 0. The van der Waals surface area contributed by atoms with Gasteiger partial charge in [-0.1, -0.05) is 0 Å². The number of amides is 1. The van der Waals surface area contributed by atoms with Gasteiger partial charge in [-0.2, -0.15) is 0 Å². The number of rotatable bonds is 3. The van der Waals surface area contributed by atoms with Gasteiger partial charge in [0.15, 0.2) is 0 Å². The Balaban J connectivity index is 1.93. The van der Waals surface area contributed by atoms with Crippen molar-refractivity contribution in [3.8, 4) is 0 Å². The largest absolute Gasteiger partial charge is 0.379 e. The summed E-state index contributed by atoms with van der Waals surface area (Å²) in [5.41, 5.74) is 5.29. The molecule has 6 heteroatoms. The number of nitrogens with one attached hydrogen (secondary N) is 1. The van der Waals surface area contributed by atoms with Crippen LogP contribution in [-0.2, 0) is 16.1 Å². The maximum Gasteiger partial charge on any atom is 0.230 e. The van der Waals surface area contributed by atoms with Gasteiger partial charge in [-0.25, -0.2) is 0 Å². The van der Waals surface area contributed by atoms with Gasteiger partial charge in [0, 0.05) is 10.9 Å². The van der Waals surface area contributed by atoms with Crippen molar-refractivity contribution in [3.05, 3.63) is 20.8 Å². The highest BCUT2D eigenvalue weighted by molar-refractivity contribution is 9.11. The van der Waals surface area contributed by atoms with Gasteiger partial charge in [0.05, 0.1) is 29.0 Å². The van der Waals surface area contributed by atoms with E-state index < -0.39 is 5.41 Å². The summed E-state index contributed by atoms with van der Waals surface area (Å²) < 4.78 is 6.32. The average Bonchev–Trinajstić information content (AvgIpc) is 2.84. The molecule has 94 valence electrons. The van der Waals surface area contributed by atoms with Crippen molar-refractivity contribution in [3.63, 3.8) is 0 Å². The van der Waals surface area contributed by atoms with Crippen molar-refractivity contribution in [2.75, 3.05) is 13.2 Å². The SMILES string of the molecule is CC1(C(=O)NCc2ccc(Br)s2)COCC1N. The van der Waals surface area contributed by atoms with E-state index in [1.54, 1.807) is 11.3 Å². The first-order chi connectivity index (χ1) is 8.02. The summed E-state index contributed by atoms with van der Waals surface area (Å²) >= 11 is 5.00. The molecule has 3 N–H and O–H groups in total. The molecule has 1 aliphatic heterocycles. The van der Waals surface area contributed by atoms with E-state index in [0.717, 1.165) is 8.66 Å². The van der Waals surface area contributed by atoms with E-state index in [4.69, 9.17) is 10.5 Å². The maximum absolute atomic E-state index is 12.1. The van der Waals surface area contributed by atoms with Crippen molar-refractivity contribution in [2.24, 2.45) is 11.1 Å². The van der Waals surface area contributed by atoms with Crippen LogP contribution in [0, 0.1) is 5.41 Å². The molecular formula is C11H15BrN2O2S. The van der Waals surface area contributed by atoms with Gasteiger partial charge in [-0.05, 0) is 35.0 Å². The van der Waals surface area contributed by atoms with E-state index in [-0.39, 0.29) is 11.9 Å². The van der Waals surface area contributed by atoms with E-state index in [1.807, 2.05) is 19.1 Å². The average molecular weight is 319 g/mol. The lowest BCUT2D eigenvalue weighted by Gasteiger charge is -2.25. The highest BCUT2D eigenvalue weighted by Crippen LogP contribution is 2.27. The topological polar surface area (TPSA) is 64.3 Å². The second-order valence-corrected chi connectivity index (χ2v) is 6.98. The predicted molar refractivity (Wildman–Crippen MR) is 70.8 cm³/mol. The normalized spacial score (nSPS) is 28.3. The molecule has 0 spiro atoms. The van der Waals surface area contributed by atoms with E-state index in [1.165, 1.54) is 0 Å². The highest BCUT2D eigenvalue weighted by Gasteiger charge is 2.44. The van der Waals surface area contributed by atoms with E-state index in [9.17, 15) is 4.79 Å². The summed E-state index contributed by atoms with van der Waals surface area (Å²) in [4.78, 5) is 13.2. The number of hydrogen-bond donors (Lipinski definition) is 2. The molecule has 0 radical (unpaired) electrons. The van der Waals surface area contributed by atoms with Crippen LogP contribution in [0.4, 0.5) is 0 Å². The van der Waals surface area contributed by atoms with Crippen molar-refractivity contribution >= 4 is 33.2 Å². The molecule has 0 bridgehead atoms. The molecule has 1 aliphatic rings. The Morgan fingerprint density at radius 1 is 1.76 bits per heavy atom. The number of hydrogen-bond acceptors (Lipinski definition) is 4. The molecule has 0 aliphatic carbocycles. The molecule has 17 heavy (non-hydrogen) atoms. The summed E-state index contributed by atoms with van der Waals surface area (Å²) in [6, 6.07) is 3.73. The maximum atomic E-state index is 12.1. The third-order valence-electron chi connectivity index (χ3n) is 3.09. The Morgan fingerprint density at radius 3 is 3.06 bits per heavy atom. The molecule has 1 fully saturated rings. The molecule has 2 unspecified atom stereocenters. The number of carbonyl (C=O) groups is 1. The summed E-state index contributed by atoms with van der Waals surface area (Å²) in [7, 11) is 0. The Kier molecular flexibility index (Phi) is 3.87. The number of ether oxygens (including phenoxy) is 1. The van der Waals surface area contributed by atoms with Gasteiger partial charge in [0.1, 0.15) is 0 Å². The fourth-order valence-corrected chi connectivity index (χ4v) is 3.16. The number of carbonyl (C=O) groups excluding carboxylic acids is 1. The molecule has 1 aromatic rings. The molecule has 1 amide bonds. The van der Waals surface area contributed by atoms with Gasteiger partial charge < -0.3 is 15.8 Å². The van der Waals surface area contributed by atoms with Crippen LogP contribution in [-0.4, -0.2) is 25.2 Å². The van der Waals surface area contributed by atoms with Crippen LogP contribution in [0.3, 0.4) is 0 Å². The van der Waals surface area contributed by atoms with Crippen LogP contribution in [0.1, 0.15) is 11.8 Å². The zero-order valence-electron chi connectivity index (χ0n) is 9.53. The van der Waals surface area contributed by atoms with E-state index in [2.05, 4.69) is 21.2 Å². The molecule has 2 rings (SSSR count). The first-order valence-corrected chi connectivity index (χ1v) is 6.99. The molecule has 1 aromatic heterocycles. The van der Waals surface area contributed by atoms with Crippen molar-refractivity contribution < 1.29 is 9.53 Å². The van der Waals surface area contributed by atoms with E-state index >= 15 is 0 Å². The minimum Gasteiger partial charge on any atom is -0.379 e. The third-order valence-corrected chi connectivity index (χ3v) is 4.71. The molecular weight excluding hydrogens is 304 g/mol. The van der Waals surface area contributed by atoms with Gasteiger partial charge in [0.2, 0.25) is 5.91 Å². The highest BCUT2D eigenvalue weighted by atomic mass is 79.9. The van der Waals surface area contributed by atoms with Gasteiger partial charge in [-0.3, -0.25) is 4.79 Å². The van der Waals surface area contributed by atoms with Crippen LogP contribution >= 0.6 is 27.3 Å². The second kappa shape index (κ2) is 5.06. The molecule has 0 saturated carbocycles. The molecule has 4 nitrogen and oxygen atoms in total. The minimum atomic E-state index is -0.603. The monoisotopic (exact) mass is 318 g/mol. The van der Waals surface area contributed by atoms with Crippen LogP contribution < -0.4 is 11.1 Å². The van der Waals surface area contributed by atoms with Gasteiger partial charge in [-0.15, -0.1) is 11.3 Å². The number of nitrogens with two attached hydrogens (primary N) is 1. The molecule has 0 aromatic carbocycles. The van der Waals surface area contributed by atoms with Crippen LogP contribution in [0.25, 0.3) is 0 Å². The predicted octanol–water partition coefficient (Wildman–Crippen LogP) is 1.49. The summed E-state index contributed by atoms with van der Waals surface area (Å²) in [5, 5.41) is 2.92. The lowest BCUT2D eigenvalue weighted by atomic mass is 9.85. The first kappa shape index (κ1) is 13.0. The van der Waals surface area contributed by atoms with Crippen molar-refractivity contribution in [1.82, 2.24) is 5.32 Å². The van der Waals surface area contributed by atoms with Crippen LogP contribution in [0.15, 0.2) is 15.9 Å². The Bertz CT molecular complexity index is 423. The van der Waals surface area contributed by atoms with Gasteiger partial charge in [0.25, 0.3) is 0 Å². The Labute approximate surface area is 113 Å². The Hall–Kier alpha value is -0.430. The smallest absolute Gasteiger partial charge is 0.230 e. The van der Waals surface area contributed by atoms with Crippen LogP contribution in [0.5, 0.6) is 0 Å². The Morgan fingerprint density at radius 2 is 2.53 bits per heavy atom. The fraction of sp³-hybridized carbons (Fsp3) is 0.545. The lowest BCUT2D eigenvalue weighted by Crippen LogP contribution is -2.49. The van der Waals surface area contributed by atoms with Crippen molar-refractivity contribution in [1.29, 1.82) is 0 Å². The van der Waals surface area contributed by atoms with Crippen LogP contribution in [0.2, 0.25) is 0 Å². The molecule has 2 heterocycles. The molecule has 1 saturated heterocycles. The zero-order chi connectivity index (χ0) is 12.5. The lowest BCUT2D eigenvalue weighted by molar-refractivity contribution is -0.130. The third kappa shape index (κ3) is 2.70.